The smallest absolute Gasteiger partial charge is 0.318 e. The highest BCUT2D eigenvalue weighted by atomic mass is 35.5. The number of aryl methyl sites for hydroxylation is 1. The zero-order chi connectivity index (χ0) is 17.4. The van der Waals surface area contributed by atoms with Gasteiger partial charge in [-0.1, -0.05) is 6.08 Å². The molecule has 2 aliphatic heterocycles. The molecule has 2 aliphatic rings. The van der Waals surface area contributed by atoms with Gasteiger partial charge < -0.3 is 14.6 Å². The van der Waals surface area contributed by atoms with E-state index in [0.29, 0.717) is 24.4 Å². The van der Waals surface area contributed by atoms with Crippen molar-refractivity contribution in [2.45, 2.75) is 25.3 Å². The van der Waals surface area contributed by atoms with Crippen LogP contribution in [0.2, 0.25) is 0 Å². The van der Waals surface area contributed by atoms with Crippen LogP contribution in [0.15, 0.2) is 27.9 Å². The molecule has 0 aromatic carbocycles. The van der Waals surface area contributed by atoms with E-state index in [4.69, 9.17) is 4.74 Å². The molecule has 0 saturated carbocycles. The number of fused-ring (bicyclic) bond motifs is 1. The Hall–Kier alpha value is -1.96. The lowest BCUT2D eigenvalue weighted by Gasteiger charge is -2.26. The van der Waals surface area contributed by atoms with Crippen molar-refractivity contribution < 1.29 is 4.74 Å². The molecule has 0 atom stereocenters. The summed E-state index contributed by atoms with van der Waals surface area (Å²) >= 11 is 0. The van der Waals surface area contributed by atoms with Crippen molar-refractivity contribution >= 4 is 29.1 Å². The van der Waals surface area contributed by atoms with Gasteiger partial charge in [0, 0.05) is 19.3 Å². The first-order chi connectivity index (χ1) is 12.2. The summed E-state index contributed by atoms with van der Waals surface area (Å²) < 4.78 is 8.40. The Balaban J connectivity index is 0.00000196. The lowest BCUT2D eigenvalue weighted by molar-refractivity contribution is 0.161. The van der Waals surface area contributed by atoms with Crippen LogP contribution >= 0.6 is 12.4 Å². The number of aromatic nitrogens is 3. The second kappa shape index (κ2) is 7.73. The van der Waals surface area contributed by atoms with Gasteiger partial charge in [-0.2, -0.15) is 0 Å². The number of nitrogens with zero attached hydrogens (tertiary/aromatic N) is 3. The van der Waals surface area contributed by atoms with Gasteiger partial charge in [0.1, 0.15) is 0 Å². The van der Waals surface area contributed by atoms with E-state index in [1.54, 1.807) is 17.8 Å². The van der Waals surface area contributed by atoms with Crippen molar-refractivity contribution in [1.82, 2.24) is 19.4 Å². The van der Waals surface area contributed by atoms with E-state index in [-0.39, 0.29) is 18.4 Å². The van der Waals surface area contributed by atoms with E-state index in [1.807, 2.05) is 12.1 Å². The monoisotopic (exact) mass is 378 g/mol. The Morgan fingerprint density at radius 3 is 2.69 bits per heavy atom. The molecular formula is C18H23ClN4O3. The zero-order valence-corrected chi connectivity index (χ0v) is 15.6. The zero-order valence-electron chi connectivity index (χ0n) is 14.7. The quantitative estimate of drug-likeness (QED) is 0.796. The summed E-state index contributed by atoms with van der Waals surface area (Å²) in [5, 5.41) is 3.29. The summed E-state index contributed by atoms with van der Waals surface area (Å²) in [5.41, 5.74) is 2.48. The second-order valence-corrected chi connectivity index (χ2v) is 6.64. The number of piperidine rings is 1. The molecule has 140 valence electrons. The fraction of sp³-hybridized carbons (Fsp3) is 0.500. The van der Waals surface area contributed by atoms with Crippen molar-refractivity contribution in [2.24, 2.45) is 7.05 Å². The third-order valence-corrected chi connectivity index (χ3v) is 5.15. The minimum Gasteiger partial charge on any atom is -0.377 e. The standard InChI is InChI=1S/C18H22N4O3.ClH/c1-21-15-10-13(12-4-8-25-9-5-12)11-20-16(15)22(18(24)17(21)23)14-2-6-19-7-3-14;/h4,10-11,14,19H,2-3,5-9H2,1H3;1H. The summed E-state index contributed by atoms with van der Waals surface area (Å²) in [6.07, 6.45) is 6.34. The molecule has 0 amide bonds. The fourth-order valence-corrected chi connectivity index (χ4v) is 3.70. The lowest BCUT2D eigenvalue weighted by atomic mass is 10.0. The molecule has 1 N–H and O–H groups in total. The van der Waals surface area contributed by atoms with E-state index >= 15 is 0 Å². The van der Waals surface area contributed by atoms with Crippen LogP contribution in [0.25, 0.3) is 16.7 Å². The van der Waals surface area contributed by atoms with Gasteiger partial charge in [0.05, 0.1) is 18.7 Å². The maximum atomic E-state index is 12.6. The van der Waals surface area contributed by atoms with Crippen LogP contribution in [0.4, 0.5) is 0 Å². The topological polar surface area (TPSA) is 78.2 Å². The molecule has 1 fully saturated rings. The van der Waals surface area contributed by atoms with Gasteiger partial charge in [0.25, 0.3) is 0 Å². The third-order valence-electron chi connectivity index (χ3n) is 5.15. The molecule has 4 heterocycles. The Labute approximate surface area is 157 Å². The Morgan fingerprint density at radius 1 is 1.23 bits per heavy atom. The second-order valence-electron chi connectivity index (χ2n) is 6.64. The number of pyridine rings is 1. The number of rotatable bonds is 2. The average molecular weight is 379 g/mol. The highest BCUT2D eigenvalue weighted by Gasteiger charge is 2.22. The minimum atomic E-state index is -0.495. The molecule has 26 heavy (non-hydrogen) atoms. The van der Waals surface area contributed by atoms with E-state index < -0.39 is 11.1 Å². The molecular weight excluding hydrogens is 356 g/mol. The van der Waals surface area contributed by atoms with Gasteiger partial charge >= 0.3 is 11.1 Å². The molecule has 2 aromatic heterocycles. The summed E-state index contributed by atoms with van der Waals surface area (Å²) in [4.78, 5) is 29.7. The molecule has 7 nitrogen and oxygen atoms in total. The highest BCUT2D eigenvalue weighted by molar-refractivity contribution is 5.85. The van der Waals surface area contributed by atoms with E-state index in [0.717, 1.165) is 37.9 Å². The number of ether oxygens (including phenoxy) is 1. The van der Waals surface area contributed by atoms with Crippen LogP contribution in [0.3, 0.4) is 0 Å². The molecule has 8 heteroatoms. The molecule has 0 spiro atoms. The van der Waals surface area contributed by atoms with Gasteiger partial charge in [-0.3, -0.25) is 14.2 Å². The Kier molecular flexibility index (Phi) is 5.60. The van der Waals surface area contributed by atoms with Crippen LogP contribution in [-0.4, -0.2) is 40.4 Å². The molecule has 0 unspecified atom stereocenters. The fourth-order valence-electron chi connectivity index (χ4n) is 3.70. The summed E-state index contributed by atoms with van der Waals surface area (Å²) in [6, 6.07) is 1.99. The normalized spacial score (nSPS) is 18.4. The average Bonchev–Trinajstić information content (AvgIpc) is 2.68. The number of nitrogens with one attached hydrogen (secondary N) is 1. The van der Waals surface area contributed by atoms with Crippen LogP contribution in [0, 0.1) is 0 Å². The largest absolute Gasteiger partial charge is 0.377 e. The molecule has 0 aliphatic carbocycles. The summed E-state index contributed by atoms with van der Waals surface area (Å²) in [6.45, 7) is 2.98. The molecule has 2 aromatic rings. The maximum absolute atomic E-state index is 12.6. The van der Waals surface area contributed by atoms with Crippen molar-refractivity contribution in [3.8, 4) is 0 Å². The summed E-state index contributed by atoms with van der Waals surface area (Å²) in [5.74, 6) is 0. The van der Waals surface area contributed by atoms with Gasteiger partial charge in [-0.05, 0) is 49.6 Å². The Morgan fingerprint density at radius 2 is 2.00 bits per heavy atom. The van der Waals surface area contributed by atoms with Crippen molar-refractivity contribution in [3.63, 3.8) is 0 Å². The predicted molar refractivity (Wildman–Crippen MR) is 103 cm³/mol. The molecule has 0 radical (unpaired) electrons. The number of hydrogen-bond acceptors (Lipinski definition) is 5. The van der Waals surface area contributed by atoms with Crippen molar-refractivity contribution in [3.05, 3.63) is 44.6 Å². The van der Waals surface area contributed by atoms with Gasteiger partial charge in [-0.25, -0.2) is 4.98 Å². The van der Waals surface area contributed by atoms with Crippen molar-refractivity contribution in [1.29, 1.82) is 0 Å². The first-order valence-corrected chi connectivity index (χ1v) is 8.76. The van der Waals surface area contributed by atoms with E-state index in [2.05, 4.69) is 10.3 Å². The Bertz CT molecular complexity index is 957. The third kappa shape index (κ3) is 3.22. The van der Waals surface area contributed by atoms with Crippen LogP contribution in [-0.2, 0) is 11.8 Å². The summed E-state index contributed by atoms with van der Waals surface area (Å²) in [7, 11) is 1.64. The highest BCUT2D eigenvalue weighted by Crippen LogP contribution is 2.25. The van der Waals surface area contributed by atoms with Crippen LogP contribution in [0.5, 0.6) is 0 Å². The minimum absolute atomic E-state index is 0. The van der Waals surface area contributed by atoms with Crippen molar-refractivity contribution in [2.75, 3.05) is 26.3 Å². The van der Waals surface area contributed by atoms with Gasteiger partial charge in [0.15, 0.2) is 5.65 Å². The molecule has 1 saturated heterocycles. The number of hydrogen-bond donors (Lipinski definition) is 1. The predicted octanol–water partition coefficient (Wildman–Crippen LogP) is 1.25. The number of halogens is 1. The van der Waals surface area contributed by atoms with Gasteiger partial charge in [-0.15, -0.1) is 12.4 Å². The van der Waals surface area contributed by atoms with E-state index in [9.17, 15) is 9.59 Å². The van der Waals surface area contributed by atoms with Crippen LogP contribution in [0.1, 0.15) is 30.9 Å². The lowest BCUT2D eigenvalue weighted by Crippen LogP contribution is -2.44. The van der Waals surface area contributed by atoms with Gasteiger partial charge in [0.2, 0.25) is 0 Å². The molecule has 0 bridgehead atoms. The first kappa shape index (κ1) is 18.8. The molecule has 4 rings (SSSR count). The van der Waals surface area contributed by atoms with E-state index in [1.165, 1.54) is 10.1 Å². The maximum Gasteiger partial charge on any atom is 0.318 e. The SMILES string of the molecule is Cl.Cn1c(=O)c(=O)n(C2CCNCC2)c2ncc(C3=CCOCC3)cc21. The van der Waals surface area contributed by atoms with Crippen LogP contribution < -0.4 is 16.4 Å². The first-order valence-electron chi connectivity index (χ1n) is 8.76.